The second-order valence-electron chi connectivity index (χ2n) is 7.83. The van der Waals surface area contributed by atoms with Crippen molar-refractivity contribution in [3.05, 3.63) is 30.1 Å². The fraction of sp³-hybridized carbons (Fsp3) is 0.650. The fourth-order valence-electron chi connectivity index (χ4n) is 4.06. The van der Waals surface area contributed by atoms with Gasteiger partial charge in [0.2, 0.25) is 0 Å². The molecule has 4 unspecified atom stereocenters. The Morgan fingerprint density at radius 1 is 1.39 bits per heavy atom. The highest BCUT2D eigenvalue weighted by molar-refractivity contribution is 14.0. The van der Waals surface area contributed by atoms with E-state index in [0.29, 0.717) is 29.8 Å². The minimum absolute atomic E-state index is 0. The molecule has 6 nitrogen and oxygen atoms in total. The number of guanidine groups is 1. The lowest BCUT2D eigenvalue weighted by molar-refractivity contribution is -0.106. The monoisotopic (exact) mass is 507 g/mol. The van der Waals surface area contributed by atoms with E-state index in [-0.39, 0.29) is 48.4 Å². The number of halogens is 2. The van der Waals surface area contributed by atoms with E-state index in [4.69, 9.17) is 9.47 Å². The number of aliphatic hydroxyl groups is 1. The van der Waals surface area contributed by atoms with E-state index in [1.54, 1.807) is 0 Å². The molecule has 158 valence electrons. The maximum Gasteiger partial charge on any atom is 0.191 e. The number of nitrogens with zero attached hydrogens (tertiary/aromatic N) is 1. The molecule has 1 heterocycles. The Balaban J connectivity index is 0.00000280. The molecule has 2 aliphatic rings. The summed E-state index contributed by atoms with van der Waals surface area (Å²) in [5.41, 5.74) is 0.0572. The first-order valence-electron chi connectivity index (χ1n) is 9.64. The quantitative estimate of drug-likeness (QED) is 0.301. The number of nitrogens with one attached hydrogen (secondary N) is 2. The highest BCUT2D eigenvalue weighted by Crippen LogP contribution is 2.52. The third-order valence-electron chi connectivity index (χ3n) is 5.45. The highest BCUT2D eigenvalue weighted by atomic mass is 127. The summed E-state index contributed by atoms with van der Waals surface area (Å²) >= 11 is 0. The molecule has 0 aromatic heterocycles. The van der Waals surface area contributed by atoms with Crippen LogP contribution in [0.15, 0.2) is 29.3 Å². The van der Waals surface area contributed by atoms with E-state index in [1.165, 1.54) is 24.3 Å². The zero-order valence-electron chi connectivity index (χ0n) is 16.7. The predicted octanol–water partition coefficient (Wildman–Crippen LogP) is 2.55. The maximum absolute atomic E-state index is 12.9. The van der Waals surface area contributed by atoms with Gasteiger partial charge in [0.05, 0.1) is 12.6 Å². The lowest BCUT2D eigenvalue weighted by Gasteiger charge is -2.54. The van der Waals surface area contributed by atoms with Crippen LogP contribution in [0.2, 0.25) is 0 Å². The van der Waals surface area contributed by atoms with Crippen molar-refractivity contribution in [2.45, 2.75) is 45.4 Å². The lowest BCUT2D eigenvalue weighted by Crippen LogP contribution is -2.68. The largest absolute Gasteiger partial charge is 0.491 e. The summed E-state index contributed by atoms with van der Waals surface area (Å²) in [5.74, 6) is 1.41. The van der Waals surface area contributed by atoms with Crippen LogP contribution in [0.25, 0.3) is 0 Å². The summed E-state index contributed by atoms with van der Waals surface area (Å²) in [5, 5.41) is 16.9. The minimum atomic E-state index is -0.748. The molecule has 0 bridgehead atoms. The topological polar surface area (TPSA) is 75.1 Å². The van der Waals surface area contributed by atoms with E-state index < -0.39 is 6.10 Å². The molecule has 8 heteroatoms. The van der Waals surface area contributed by atoms with Gasteiger partial charge in [0.15, 0.2) is 5.96 Å². The van der Waals surface area contributed by atoms with E-state index in [1.807, 2.05) is 6.92 Å². The van der Waals surface area contributed by atoms with Crippen molar-refractivity contribution >= 4 is 29.9 Å². The zero-order valence-corrected chi connectivity index (χ0v) is 19.0. The van der Waals surface area contributed by atoms with Crippen molar-refractivity contribution in [3.63, 3.8) is 0 Å². The van der Waals surface area contributed by atoms with E-state index in [2.05, 4.69) is 29.5 Å². The van der Waals surface area contributed by atoms with Crippen LogP contribution in [0.3, 0.4) is 0 Å². The molecule has 28 heavy (non-hydrogen) atoms. The summed E-state index contributed by atoms with van der Waals surface area (Å²) in [4.78, 5) is 4.50. The normalized spacial score (nSPS) is 26.5. The molecule has 0 amide bonds. The number of benzene rings is 1. The standard InChI is InChI=1S/C20H30FN3O3.HI/c1-4-22-19(24-17-16-9-10-26-18(16)20(17,2)3)23-11-14(25)12-27-15-7-5-13(21)6-8-15;/h5-8,14,16-18,25H,4,9-12H2,1-3H3,(H2,22,23,24);1H. The number of hydrogen-bond acceptors (Lipinski definition) is 4. The summed E-state index contributed by atoms with van der Waals surface area (Å²) in [6.45, 7) is 8.32. The summed E-state index contributed by atoms with van der Waals surface area (Å²) in [6, 6.07) is 6.03. The smallest absolute Gasteiger partial charge is 0.191 e. The van der Waals surface area contributed by atoms with E-state index in [9.17, 15) is 9.50 Å². The Labute approximate surface area is 183 Å². The number of fused-ring (bicyclic) bond motifs is 1. The molecule has 0 spiro atoms. The fourth-order valence-corrected chi connectivity index (χ4v) is 4.06. The van der Waals surface area contributed by atoms with Crippen molar-refractivity contribution in [1.29, 1.82) is 0 Å². The molecule has 2 fully saturated rings. The van der Waals surface area contributed by atoms with Gasteiger partial charge in [0.25, 0.3) is 0 Å². The van der Waals surface area contributed by atoms with Crippen molar-refractivity contribution in [2.75, 3.05) is 26.3 Å². The van der Waals surface area contributed by atoms with Crippen molar-refractivity contribution < 1.29 is 19.0 Å². The summed E-state index contributed by atoms with van der Waals surface area (Å²) in [6.07, 6.45) is 0.634. The van der Waals surface area contributed by atoms with Crippen LogP contribution >= 0.6 is 24.0 Å². The summed E-state index contributed by atoms with van der Waals surface area (Å²) < 4.78 is 24.2. The first-order chi connectivity index (χ1) is 12.9. The number of rotatable bonds is 7. The predicted molar refractivity (Wildman–Crippen MR) is 118 cm³/mol. The number of aliphatic imine (C=N–C) groups is 1. The molecule has 3 N–H and O–H groups in total. The maximum atomic E-state index is 12.9. The molecule has 1 aliphatic carbocycles. The van der Waals surface area contributed by atoms with Gasteiger partial charge in [-0.25, -0.2) is 4.39 Å². The molecule has 1 aromatic carbocycles. The van der Waals surface area contributed by atoms with Gasteiger partial charge in [0.1, 0.15) is 24.3 Å². The van der Waals surface area contributed by atoms with E-state index >= 15 is 0 Å². The van der Waals surface area contributed by atoms with Crippen LogP contribution in [-0.4, -0.2) is 55.6 Å². The first-order valence-corrected chi connectivity index (χ1v) is 9.64. The molecule has 1 aromatic rings. The van der Waals surface area contributed by atoms with Crippen molar-refractivity contribution in [1.82, 2.24) is 10.6 Å². The van der Waals surface area contributed by atoms with Crippen LogP contribution in [0, 0.1) is 17.2 Å². The minimum Gasteiger partial charge on any atom is -0.491 e. The van der Waals surface area contributed by atoms with Crippen LogP contribution in [-0.2, 0) is 4.74 Å². The highest BCUT2D eigenvalue weighted by Gasteiger charge is 2.59. The van der Waals surface area contributed by atoms with Crippen LogP contribution in [0.4, 0.5) is 4.39 Å². The first kappa shape index (κ1) is 23.2. The van der Waals surface area contributed by atoms with Crippen LogP contribution in [0.1, 0.15) is 27.2 Å². The number of ether oxygens (including phenoxy) is 2. The molecule has 1 saturated heterocycles. The molecule has 1 saturated carbocycles. The van der Waals surface area contributed by atoms with Crippen LogP contribution < -0.4 is 15.4 Å². The molecule has 1 aliphatic heterocycles. The Hall–Kier alpha value is -1.13. The third kappa shape index (κ3) is 5.27. The number of aliphatic hydroxyl groups excluding tert-OH is 1. The zero-order chi connectivity index (χ0) is 19.4. The Morgan fingerprint density at radius 3 is 2.79 bits per heavy atom. The van der Waals surface area contributed by atoms with Crippen molar-refractivity contribution in [3.8, 4) is 5.75 Å². The van der Waals surface area contributed by atoms with Gasteiger partial charge in [-0.15, -0.1) is 24.0 Å². The molecular formula is C20H31FIN3O3. The van der Waals surface area contributed by atoms with E-state index in [0.717, 1.165) is 19.6 Å². The SMILES string of the molecule is CCNC(=NCC(O)COc1ccc(F)cc1)NC1C2CCOC2C1(C)C.I. The average Bonchev–Trinajstić information content (AvgIpc) is 3.10. The lowest BCUT2D eigenvalue weighted by atomic mass is 9.57. The molecular weight excluding hydrogens is 476 g/mol. The van der Waals surface area contributed by atoms with Gasteiger partial charge in [-0.2, -0.15) is 0 Å². The second-order valence-corrected chi connectivity index (χ2v) is 7.83. The summed E-state index contributed by atoms with van der Waals surface area (Å²) in [7, 11) is 0. The Morgan fingerprint density at radius 2 is 2.11 bits per heavy atom. The van der Waals surface area contributed by atoms with Gasteiger partial charge >= 0.3 is 0 Å². The molecule has 0 radical (unpaired) electrons. The molecule has 4 atom stereocenters. The van der Waals surface area contributed by atoms with Gasteiger partial charge in [-0.1, -0.05) is 13.8 Å². The second kappa shape index (κ2) is 10.1. The Kier molecular flexibility index (Phi) is 8.32. The van der Waals surface area contributed by atoms with Gasteiger partial charge in [-0.3, -0.25) is 4.99 Å². The van der Waals surface area contributed by atoms with Gasteiger partial charge < -0.3 is 25.2 Å². The van der Waals surface area contributed by atoms with Gasteiger partial charge in [0, 0.05) is 30.5 Å². The number of hydrogen-bond donors (Lipinski definition) is 3. The molecule has 3 rings (SSSR count). The third-order valence-corrected chi connectivity index (χ3v) is 5.45. The Bertz CT molecular complexity index is 657. The van der Waals surface area contributed by atoms with Crippen LogP contribution in [0.5, 0.6) is 5.75 Å². The van der Waals surface area contributed by atoms with Gasteiger partial charge in [-0.05, 0) is 37.6 Å². The van der Waals surface area contributed by atoms with Crippen molar-refractivity contribution in [2.24, 2.45) is 16.3 Å². The average molecular weight is 507 g/mol.